The van der Waals surface area contributed by atoms with Crippen molar-refractivity contribution in [2.24, 2.45) is 5.73 Å². The van der Waals surface area contributed by atoms with E-state index in [0.29, 0.717) is 0 Å². The Labute approximate surface area is 73.3 Å². The van der Waals surface area contributed by atoms with Crippen LogP contribution in [0.4, 0.5) is 4.79 Å². The second-order valence-electron chi connectivity index (χ2n) is 3.17. The highest BCUT2D eigenvalue weighted by molar-refractivity contribution is 5.72. The zero-order chi connectivity index (χ0) is 8.97. The molecule has 0 spiro atoms. The number of nitrogens with zero attached hydrogens (tertiary/aromatic N) is 2. The molecule has 0 bridgehead atoms. The van der Waals surface area contributed by atoms with Gasteiger partial charge in [0.2, 0.25) is 0 Å². The smallest absolute Gasteiger partial charge is 0.314 e. The minimum atomic E-state index is -0.286. The molecule has 70 valence electrons. The Morgan fingerprint density at radius 1 is 1.33 bits per heavy atom. The van der Waals surface area contributed by atoms with Crippen molar-refractivity contribution in [3.8, 4) is 0 Å². The Balaban J connectivity index is 2.25. The van der Waals surface area contributed by atoms with Crippen LogP contribution in [0.5, 0.6) is 0 Å². The molecule has 2 amide bonds. The van der Waals surface area contributed by atoms with Crippen LogP contribution in [0.15, 0.2) is 0 Å². The molecule has 1 aliphatic rings. The molecule has 0 aromatic carbocycles. The Morgan fingerprint density at radius 2 is 1.92 bits per heavy atom. The van der Waals surface area contributed by atoms with Crippen molar-refractivity contribution in [2.45, 2.75) is 13.3 Å². The largest absolute Gasteiger partial charge is 0.351 e. The number of piperazine rings is 1. The molecule has 0 aliphatic carbocycles. The highest BCUT2D eigenvalue weighted by Crippen LogP contribution is 2.01. The maximum absolute atomic E-state index is 10.7. The lowest BCUT2D eigenvalue weighted by Crippen LogP contribution is -2.50. The van der Waals surface area contributed by atoms with Crippen molar-refractivity contribution < 1.29 is 4.79 Å². The van der Waals surface area contributed by atoms with Gasteiger partial charge in [-0.15, -0.1) is 0 Å². The van der Waals surface area contributed by atoms with Crippen molar-refractivity contribution in [1.82, 2.24) is 9.80 Å². The first-order valence-corrected chi connectivity index (χ1v) is 4.50. The molecule has 4 nitrogen and oxygen atoms in total. The zero-order valence-corrected chi connectivity index (χ0v) is 7.62. The van der Waals surface area contributed by atoms with E-state index in [-0.39, 0.29) is 6.03 Å². The second kappa shape index (κ2) is 4.30. The summed E-state index contributed by atoms with van der Waals surface area (Å²) in [5.74, 6) is 0. The fourth-order valence-corrected chi connectivity index (χ4v) is 1.51. The van der Waals surface area contributed by atoms with Gasteiger partial charge in [-0.25, -0.2) is 4.79 Å². The average Bonchev–Trinajstić information content (AvgIpc) is 2.06. The molecule has 0 aromatic rings. The summed E-state index contributed by atoms with van der Waals surface area (Å²) in [6, 6.07) is -0.286. The third-order valence-corrected chi connectivity index (χ3v) is 2.22. The zero-order valence-electron chi connectivity index (χ0n) is 7.62. The van der Waals surface area contributed by atoms with Gasteiger partial charge in [-0.2, -0.15) is 0 Å². The first-order valence-electron chi connectivity index (χ1n) is 4.50. The number of primary amides is 1. The van der Waals surface area contributed by atoms with Crippen LogP contribution < -0.4 is 5.73 Å². The predicted molar refractivity (Wildman–Crippen MR) is 47.9 cm³/mol. The number of carbonyl (C=O) groups is 1. The molecule has 4 heteroatoms. The molecule has 0 atom stereocenters. The van der Waals surface area contributed by atoms with Crippen LogP contribution in [0.3, 0.4) is 0 Å². The van der Waals surface area contributed by atoms with Crippen molar-refractivity contribution in [3.63, 3.8) is 0 Å². The van der Waals surface area contributed by atoms with Crippen LogP contribution in [-0.2, 0) is 0 Å². The molecule has 0 saturated carbocycles. The predicted octanol–water partition coefficient (Wildman–Crippen LogP) is 0.0927. The minimum Gasteiger partial charge on any atom is -0.351 e. The SMILES string of the molecule is CCCN1CCN(C(N)=O)CC1. The topological polar surface area (TPSA) is 49.6 Å². The molecular formula is C8H17N3O. The molecule has 0 unspecified atom stereocenters. The third kappa shape index (κ3) is 2.37. The molecule has 1 saturated heterocycles. The fourth-order valence-electron chi connectivity index (χ4n) is 1.51. The minimum absolute atomic E-state index is 0.286. The molecule has 1 heterocycles. The van der Waals surface area contributed by atoms with E-state index in [2.05, 4.69) is 11.8 Å². The molecule has 1 rings (SSSR count). The Bertz CT molecular complexity index is 152. The molecule has 12 heavy (non-hydrogen) atoms. The van der Waals surface area contributed by atoms with Gasteiger partial charge in [-0.1, -0.05) is 6.92 Å². The van der Waals surface area contributed by atoms with Gasteiger partial charge < -0.3 is 10.6 Å². The van der Waals surface area contributed by atoms with Crippen LogP contribution in [0, 0.1) is 0 Å². The van der Waals surface area contributed by atoms with Crippen LogP contribution in [-0.4, -0.2) is 48.6 Å². The number of amides is 2. The van der Waals surface area contributed by atoms with Gasteiger partial charge in [0.25, 0.3) is 0 Å². The van der Waals surface area contributed by atoms with E-state index < -0.39 is 0 Å². The lowest BCUT2D eigenvalue weighted by atomic mass is 10.3. The number of hydrogen-bond donors (Lipinski definition) is 1. The van der Waals surface area contributed by atoms with E-state index in [9.17, 15) is 4.79 Å². The van der Waals surface area contributed by atoms with E-state index in [0.717, 1.165) is 32.7 Å². The second-order valence-corrected chi connectivity index (χ2v) is 3.17. The van der Waals surface area contributed by atoms with Gasteiger partial charge in [-0.3, -0.25) is 4.90 Å². The maximum atomic E-state index is 10.7. The van der Waals surface area contributed by atoms with Crippen molar-refractivity contribution in [2.75, 3.05) is 32.7 Å². The van der Waals surface area contributed by atoms with Crippen LogP contribution in [0.25, 0.3) is 0 Å². The molecular weight excluding hydrogens is 154 g/mol. The Hall–Kier alpha value is -0.770. The number of rotatable bonds is 2. The highest BCUT2D eigenvalue weighted by Gasteiger charge is 2.17. The lowest BCUT2D eigenvalue weighted by molar-refractivity contribution is 0.145. The fraction of sp³-hybridized carbons (Fsp3) is 0.875. The number of urea groups is 1. The molecule has 1 aliphatic heterocycles. The Morgan fingerprint density at radius 3 is 2.33 bits per heavy atom. The normalized spacial score (nSPS) is 19.6. The standard InChI is InChI=1S/C8H17N3O/c1-2-3-10-4-6-11(7-5-10)8(9)12/h2-7H2,1H3,(H2,9,12). The maximum Gasteiger partial charge on any atom is 0.314 e. The molecule has 0 aromatic heterocycles. The monoisotopic (exact) mass is 171 g/mol. The van der Waals surface area contributed by atoms with Gasteiger partial charge in [-0.05, 0) is 13.0 Å². The summed E-state index contributed by atoms with van der Waals surface area (Å²) in [5, 5.41) is 0. The molecule has 2 N–H and O–H groups in total. The van der Waals surface area contributed by atoms with Gasteiger partial charge >= 0.3 is 6.03 Å². The summed E-state index contributed by atoms with van der Waals surface area (Å²) < 4.78 is 0. The van der Waals surface area contributed by atoms with E-state index in [1.807, 2.05) is 0 Å². The third-order valence-electron chi connectivity index (χ3n) is 2.22. The van der Waals surface area contributed by atoms with Gasteiger partial charge in [0.1, 0.15) is 0 Å². The van der Waals surface area contributed by atoms with E-state index in [1.165, 1.54) is 6.42 Å². The summed E-state index contributed by atoms with van der Waals surface area (Å²) in [6.07, 6.45) is 1.18. The summed E-state index contributed by atoms with van der Waals surface area (Å²) >= 11 is 0. The van der Waals surface area contributed by atoms with Gasteiger partial charge in [0.15, 0.2) is 0 Å². The Kier molecular flexibility index (Phi) is 3.34. The molecule has 0 radical (unpaired) electrons. The summed E-state index contributed by atoms with van der Waals surface area (Å²) in [6.45, 7) is 6.81. The lowest BCUT2D eigenvalue weighted by Gasteiger charge is -2.33. The van der Waals surface area contributed by atoms with Crippen molar-refractivity contribution in [1.29, 1.82) is 0 Å². The van der Waals surface area contributed by atoms with Gasteiger partial charge in [0, 0.05) is 26.2 Å². The van der Waals surface area contributed by atoms with Crippen LogP contribution in [0.2, 0.25) is 0 Å². The number of nitrogens with two attached hydrogens (primary N) is 1. The summed E-state index contributed by atoms with van der Waals surface area (Å²) in [7, 11) is 0. The first-order chi connectivity index (χ1) is 5.74. The van der Waals surface area contributed by atoms with Crippen LogP contribution >= 0.6 is 0 Å². The van der Waals surface area contributed by atoms with E-state index in [4.69, 9.17) is 5.73 Å². The first kappa shape index (κ1) is 9.32. The van der Waals surface area contributed by atoms with Crippen LogP contribution in [0.1, 0.15) is 13.3 Å². The number of hydrogen-bond acceptors (Lipinski definition) is 2. The highest BCUT2D eigenvalue weighted by atomic mass is 16.2. The summed E-state index contributed by atoms with van der Waals surface area (Å²) in [4.78, 5) is 14.8. The average molecular weight is 171 g/mol. The number of carbonyl (C=O) groups excluding carboxylic acids is 1. The van der Waals surface area contributed by atoms with Crippen molar-refractivity contribution >= 4 is 6.03 Å². The van der Waals surface area contributed by atoms with E-state index >= 15 is 0 Å². The van der Waals surface area contributed by atoms with E-state index in [1.54, 1.807) is 4.90 Å². The van der Waals surface area contributed by atoms with Crippen molar-refractivity contribution in [3.05, 3.63) is 0 Å². The quantitative estimate of drug-likeness (QED) is 0.640. The summed E-state index contributed by atoms with van der Waals surface area (Å²) in [5.41, 5.74) is 5.16. The molecule has 1 fully saturated rings. The van der Waals surface area contributed by atoms with Gasteiger partial charge in [0.05, 0.1) is 0 Å².